The van der Waals surface area contributed by atoms with E-state index >= 15 is 0 Å². The Labute approximate surface area is 214 Å². The number of H-pyrrole nitrogens is 1. The van der Waals surface area contributed by atoms with Crippen LogP contribution in [0.5, 0.6) is 0 Å². The number of ether oxygens (including phenoxy) is 1. The fourth-order valence-electron chi connectivity index (χ4n) is 4.79. The predicted octanol–water partition coefficient (Wildman–Crippen LogP) is 3.98. The lowest BCUT2D eigenvalue weighted by Gasteiger charge is -2.36. The molecule has 4 heterocycles. The summed E-state index contributed by atoms with van der Waals surface area (Å²) in [6.07, 6.45) is 6.34. The number of aliphatic carboxylic acids is 1. The number of halogens is 1. The zero-order valence-corrected chi connectivity index (χ0v) is 20.3. The van der Waals surface area contributed by atoms with Gasteiger partial charge in [0.1, 0.15) is 23.3 Å². The van der Waals surface area contributed by atoms with Crippen LogP contribution in [-0.2, 0) is 9.53 Å². The van der Waals surface area contributed by atoms with Crippen LogP contribution in [0, 0.1) is 17.1 Å². The molecule has 0 radical (unpaired) electrons. The largest absolute Gasteiger partial charge is 0.481 e. The van der Waals surface area contributed by atoms with E-state index in [4.69, 9.17) is 15.1 Å². The number of aromatic nitrogens is 3. The lowest BCUT2D eigenvalue weighted by atomic mass is 9.97. The molecule has 0 aliphatic carbocycles. The van der Waals surface area contributed by atoms with Gasteiger partial charge in [-0.2, -0.15) is 0 Å². The molecule has 10 heteroatoms. The molecule has 192 valence electrons. The fourth-order valence-corrected chi connectivity index (χ4v) is 4.79. The average Bonchev–Trinajstić information content (AvgIpc) is 3.41. The van der Waals surface area contributed by atoms with E-state index in [-0.39, 0.29) is 17.8 Å². The summed E-state index contributed by atoms with van der Waals surface area (Å²) in [5.41, 5.74) is 2.26. The number of piperidine rings is 1. The van der Waals surface area contributed by atoms with Crippen molar-refractivity contribution >= 4 is 23.7 Å². The van der Waals surface area contributed by atoms with Gasteiger partial charge in [-0.25, -0.2) is 14.4 Å². The van der Waals surface area contributed by atoms with E-state index in [1.165, 1.54) is 12.1 Å². The number of nitrogens with zero attached hydrogens (tertiary/aromatic N) is 4. The second kappa shape index (κ2) is 10.9. The summed E-state index contributed by atoms with van der Waals surface area (Å²) >= 11 is 0. The highest BCUT2D eigenvalue weighted by molar-refractivity contribution is 5.94. The van der Waals surface area contributed by atoms with Gasteiger partial charge in [-0.15, -0.1) is 0 Å². The molecule has 2 aromatic heterocycles. The Balaban J connectivity index is 1.26. The van der Waals surface area contributed by atoms with Crippen LogP contribution in [0.2, 0.25) is 0 Å². The summed E-state index contributed by atoms with van der Waals surface area (Å²) in [7, 11) is 0. The summed E-state index contributed by atoms with van der Waals surface area (Å²) in [5.74, 6) is 0.360. The Morgan fingerprint density at radius 1 is 1.19 bits per heavy atom. The summed E-state index contributed by atoms with van der Waals surface area (Å²) in [4.78, 5) is 27.7. The first-order valence-electron chi connectivity index (χ1n) is 12.3. The van der Waals surface area contributed by atoms with Crippen LogP contribution in [0.4, 0.5) is 10.2 Å². The van der Waals surface area contributed by atoms with Gasteiger partial charge in [-0.1, -0.05) is 18.2 Å². The molecule has 1 atom stereocenters. The molecule has 2 aliphatic heterocycles. The van der Waals surface area contributed by atoms with Crippen molar-refractivity contribution in [3.63, 3.8) is 0 Å². The molecule has 9 nitrogen and oxygen atoms in total. The molecular weight excluding hydrogens is 475 g/mol. The number of hydrogen-bond acceptors (Lipinski definition) is 6. The van der Waals surface area contributed by atoms with Crippen LogP contribution in [0.15, 0.2) is 54.7 Å². The van der Waals surface area contributed by atoms with Gasteiger partial charge in [0.05, 0.1) is 42.8 Å². The van der Waals surface area contributed by atoms with Crippen molar-refractivity contribution in [2.45, 2.75) is 18.9 Å². The second-order valence-corrected chi connectivity index (χ2v) is 9.22. The summed E-state index contributed by atoms with van der Waals surface area (Å²) in [6.45, 7) is 2.74. The molecule has 0 bridgehead atoms. The van der Waals surface area contributed by atoms with Gasteiger partial charge in [0.2, 0.25) is 0 Å². The van der Waals surface area contributed by atoms with E-state index in [0.717, 1.165) is 22.8 Å². The highest BCUT2D eigenvalue weighted by atomic mass is 19.1. The normalized spacial score (nSPS) is 18.9. The lowest BCUT2D eigenvalue weighted by molar-refractivity contribution is -0.142. The molecule has 0 saturated carbocycles. The van der Waals surface area contributed by atoms with Gasteiger partial charge in [-0.05, 0) is 54.8 Å². The molecule has 0 spiro atoms. The van der Waals surface area contributed by atoms with Gasteiger partial charge >= 0.3 is 5.97 Å². The van der Waals surface area contributed by atoms with Gasteiger partial charge in [0.25, 0.3) is 0 Å². The minimum absolute atomic E-state index is 0.235. The zero-order chi connectivity index (χ0) is 25.8. The number of anilines is 1. The molecule has 1 aromatic carbocycles. The number of nitrogens with one attached hydrogen (secondary N) is 2. The quantitative estimate of drug-likeness (QED) is 0.343. The monoisotopic (exact) mass is 504 g/mol. The first kappa shape index (κ1) is 24.6. The summed E-state index contributed by atoms with van der Waals surface area (Å²) in [6, 6.07) is 11.9. The van der Waals surface area contributed by atoms with Crippen molar-refractivity contribution < 1.29 is 19.0 Å². The maximum absolute atomic E-state index is 13.8. The van der Waals surface area contributed by atoms with Gasteiger partial charge in [-0.3, -0.25) is 10.2 Å². The number of imidazole rings is 1. The van der Waals surface area contributed by atoms with Crippen molar-refractivity contribution in [1.82, 2.24) is 19.9 Å². The number of aromatic amines is 1. The third-order valence-electron chi connectivity index (χ3n) is 6.84. The standard InChI is InChI=1S/C27H29FN6O3/c28-20-4-1-3-19(15-20)23-17-37-14-13-34(23)24(29)7-8-25-30-16-22(31-25)21-5-2-6-26(32-21)33-11-9-18(10-12-33)27(35)36/h1-8,15-16,18,23,29H,9-14,17H2,(H,30,31)(H,35,36). The van der Waals surface area contributed by atoms with Crippen molar-refractivity contribution in [3.8, 4) is 11.4 Å². The number of pyridine rings is 1. The number of hydrogen-bond donors (Lipinski definition) is 3. The smallest absolute Gasteiger partial charge is 0.306 e. The van der Waals surface area contributed by atoms with E-state index in [1.807, 2.05) is 29.2 Å². The highest BCUT2D eigenvalue weighted by Crippen LogP contribution is 2.26. The molecule has 3 aromatic rings. The van der Waals surface area contributed by atoms with E-state index in [2.05, 4.69) is 14.9 Å². The van der Waals surface area contributed by atoms with Crippen molar-refractivity contribution in [3.05, 3.63) is 71.9 Å². The van der Waals surface area contributed by atoms with Crippen LogP contribution >= 0.6 is 0 Å². The number of morpholine rings is 1. The maximum Gasteiger partial charge on any atom is 0.306 e. The minimum atomic E-state index is -0.731. The molecule has 37 heavy (non-hydrogen) atoms. The van der Waals surface area contributed by atoms with E-state index < -0.39 is 5.97 Å². The van der Waals surface area contributed by atoms with Gasteiger partial charge in [0, 0.05) is 19.6 Å². The molecule has 3 N–H and O–H groups in total. The SMILES string of the molecule is N=C(C=Cc1ncc(-c2cccc(N3CCC(C(=O)O)CC3)n2)[nH]1)N1CCOCC1c1cccc(F)c1. The molecule has 5 rings (SSSR count). The molecule has 2 saturated heterocycles. The number of carboxylic acids is 1. The van der Waals surface area contributed by atoms with E-state index in [1.54, 1.807) is 24.4 Å². The van der Waals surface area contributed by atoms with Crippen LogP contribution in [-0.4, -0.2) is 69.6 Å². The van der Waals surface area contributed by atoms with Crippen LogP contribution in [0.1, 0.15) is 30.3 Å². The third-order valence-corrected chi connectivity index (χ3v) is 6.84. The van der Waals surface area contributed by atoms with Crippen LogP contribution in [0.25, 0.3) is 17.5 Å². The van der Waals surface area contributed by atoms with E-state index in [9.17, 15) is 14.3 Å². The molecule has 0 amide bonds. The Hall–Kier alpha value is -4.05. The first-order valence-corrected chi connectivity index (χ1v) is 12.3. The maximum atomic E-state index is 13.8. The average molecular weight is 505 g/mol. The van der Waals surface area contributed by atoms with Crippen molar-refractivity contribution in [2.24, 2.45) is 5.92 Å². The minimum Gasteiger partial charge on any atom is -0.481 e. The number of carbonyl (C=O) groups is 1. The number of carboxylic acid groups (broad SMARTS) is 1. The van der Waals surface area contributed by atoms with Crippen molar-refractivity contribution in [1.29, 1.82) is 5.41 Å². The Kier molecular flexibility index (Phi) is 7.27. The molecular formula is C27H29FN6O3. The lowest BCUT2D eigenvalue weighted by Crippen LogP contribution is -2.42. The third kappa shape index (κ3) is 5.69. The van der Waals surface area contributed by atoms with Crippen molar-refractivity contribution in [2.75, 3.05) is 37.7 Å². The van der Waals surface area contributed by atoms with Crippen LogP contribution < -0.4 is 4.90 Å². The van der Waals surface area contributed by atoms with E-state index in [0.29, 0.717) is 57.3 Å². The number of rotatable bonds is 6. The Bertz CT molecular complexity index is 1300. The summed E-state index contributed by atoms with van der Waals surface area (Å²) in [5, 5.41) is 17.8. The van der Waals surface area contributed by atoms with Gasteiger partial charge < -0.3 is 24.6 Å². The second-order valence-electron chi connectivity index (χ2n) is 9.22. The highest BCUT2D eigenvalue weighted by Gasteiger charge is 2.27. The zero-order valence-electron chi connectivity index (χ0n) is 20.3. The Morgan fingerprint density at radius 2 is 2.00 bits per heavy atom. The van der Waals surface area contributed by atoms with Gasteiger partial charge in [0.15, 0.2) is 0 Å². The first-order chi connectivity index (χ1) is 18.0. The fraction of sp³-hybridized carbons (Fsp3) is 0.333. The Morgan fingerprint density at radius 3 is 2.78 bits per heavy atom. The number of benzene rings is 1. The predicted molar refractivity (Wildman–Crippen MR) is 138 cm³/mol. The molecule has 2 fully saturated rings. The molecule has 2 aliphatic rings. The van der Waals surface area contributed by atoms with Crippen LogP contribution in [0.3, 0.4) is 0 Å². The number of amidine groups is 1. The topological polar surface area (TPSA) is 118 Å². The molecule has 1 unspecified atom stereocenters. The summed E-state index contributed by atoms with van der Waals surface area (Å²) < 4.78 is 19.4.